The van der Waals surface area contributed by atoms with Crippen LogP contribution in [0.5, 0.6) is 0 Å². The molecule has 0 aromatic rings. The minimum atomic E-state index is -5.17. The molecule has 0 spiro atoms. The largest absolute Gasteiger partial charge is 2.00 e. The summed E-state index contributed by atoms with van der Waals surface area (Å²) < 4.78 is 68.2. The molecule has 0 aliphatic rings. The third kappa shape index (κ3) is 343. The Kier molecular flexibility index (Phi) is 19.0. The van der Waals surface area contributed by atoms with Gasteiger partial charge in [0, 0.05) is 20.8 Å². The molecule has 0 unspecified atom stereocenters. The second kappa shape index (κ2) is 9.63. The molecule has 12 heavy (non-hydrogen) atoms. The Morgan fingerprint density at radius 3 is 0.667 bits per heavy atom. The first-order chi connectivity index (χ1) is 4.00. The maximum Gasteiger partial charge on any atom is 2.00 e. The topological polar surface area (TPSA) is 161 Å². The molecule has 0 N–H and O–H groups in total. The Hall–Kier alpha value is 2.08. The van der Waals surface area contributed by atoms with Gasteiger partial charge in [-0.3, -0.25) is 16.8 Å². The molecule has 64 valence electrons. The maximum absolute atomic E-state index is 8.52. The molecule has 0 radical (unpaired) electrons. The maximum atomic E-state index is 8.52. The first-order valence-electron chi connectivity index (χ1n) is 1.33. The molecule has 0 amide bonds. The van der Waals surface area contributed by atoms with Crippen molar-refractivity contribution < 1.29 is 35.0 Å². The molecule has 0 bridgehead atoms. The zero-order valence-corrected chi connectivity index (χ0v) is 13.0. The van der Waals surface area contributed by atoms with E-state index in [0.29, 0.717) is 0 Å². The van der Waals surface area contributed by atoms with Gasteiger partial charge in [0.05, 0.1) is 0 Å². The van der Waals surface area contributed by atoms with Gasteiger partial charge in [-0.15, -0.1) is 0 Å². The Labute approximate surface area is 125 Å². The van der Waals surface area contributed by atoms with Crippen molar-refractivity contribution in [3.63, 3.8) is 0 Å². The van der Waals surface area contributed by atoms with Crippen LogP contribution in [0.1, 0.15) is 0 Å². The normalized spacial score (nSPS) is 9.67. The second-order valence-electron chi connectivity index (χ2n) is 0.816. The second-order valence-corrected chi connectivity index (χ2v) is 2.45. The summed E-state index contributed by atoms with van der Waals surface area (Å²) >= 11 is 0. The van der Waals surface area contributed by atoms with Gasteiger partial charge in [-0.1, -0.05) is 0 Å². The van der Waals surface area contributed by atoms with E-state index in [1.807, 2.05) is 0 Å². The van der Waals surface area contributed by atoms with Crippen LogP contribution >= 0.6 is 0 Å². The predicted molar refractivity (Wildman–Crippen MR) is 32.5 cm³/mol. The molecule has 0 aromatic carbocycles. The first-order valence-corrected chi connectivity index (χ1v) is 4.00. The average Bonchev–Trinajstić information content (AvgIpc) is 1.12. The van der Waals surface area contributed by atoms with Crippen molar-refractivity contribution in [2.45, 2.75) is 0 Å². The first kappa shape index (κ1) is 23.7. The average molecular weight is 354 g/mol. The van der Waals surface area contributed by atoms with Crippen LogP contribution in [0.25, 0.3) is 0 Å². The Balaban J connectivity index is -0.0000000457. The van der Waals surface area contributed by atoms with Crippen LogP contribution < -0.4 is 0 Å². The third-order valence-electron chi connectivity index (χ3n) is 0. The van der Waals surface area contributed by atoms with Crippen LogP contribution in [0, 0.1) is 0 Å². The van der Waals surface area contributed by atoms with Crippen LogP contribution in [0.4, 0.5) is 0 Å². The zero-order valence-electron chi connectivity index (χ0n) is 5.50. The van der Waals surface area contributed by atoms with E-state index in [2.05, 4.69) is 0 Å². The smallest absolute Gasteiger partial charge is 0.759 e. The molecular formula is BaMgO8S2. The van der Waals surface area contributed by atoms with Crippen molar-refractivity contribution in [2.75, 3.05) is 0 Å². The summed E-state index contributed by atoms with van der Waals surface area (Å²) in [5.74, 6) is 0. The molecule has 0 saturated carbocycles. The molecule has 0 saturated heterocycles. The van der Waals surface area contributed by atoms with Crippen LogP contribution in [0.2, 0.25) is 0 Å². The van der Waals surface area contributed by atoms with Crippen molar-refractivity contribution in [1.82, 2.24) is 0 Å². The van der Waals surface area contributed by atoms with E-state index in [-0.39, 0.29) is 71.9 Å². The van der Waals surface area contributed by atoms with E-state index in [0.717, 1.165) is 0 Å². The van der Waals surface area contributed by atoms with E-state index in [9.17, 15) is 0 Å². The van der Waals surface area contributed by atoms with Crippen LogP contribution in [-0.4, -0.2) is 107 Å². The fourth-order valence-corrected chi connectivity index (χ4v) is 0. The zero-order chi connectivity index (χ0) is 9.00. The van der Waals surface area contributed by atoms with Crippen molar-refractivity contribution in [3.05, 3.63) is 0 Å². The van der Waals surface area contributed by atoms with E-state index in [1.54, 1.807) is 0 Å². The van der Waals surface area contributed by atoms with E-state index in [4.69, 9.17) is 35.0 Å². The molecule has 0 aliphatic heterocycles. The van der Waals surface area contributed by atoms with Gasteiger partial charge in [0.2, 0.25) is 0 Å². The van der Waals surface area contributed by atoms with Gasteiger partial charge in [-0.25, -0.2) is 0 Å². The van der Waals surface area contributed by atoms with Crippen molar-refractivity contribution >= 4 is 92.7 Å². The molecule has 12 heteroatoms. The van der Waals surface area contributed by atoms with Gasteiger partial charge in [0.25, 0.3) is 0 Å². The van der Waals surface area contributed by atoms with Gasteiger partial charge >= 0.3 is 71.9 Å². The molecule has 0 aromatic heterocycles. The van der Waals surface area contributed by atoms with Gasteiger partial charge < -0.3 is 18.2 Å². The molecule has 0 heterocycles. The molecule has 0 aliphatic carbocycles. The minimum absolute atomic E-state index is 0. The van der Waals surface area contributed by atoms with Crippen LogP contribution in [0.3, 0.4) is 0 Å². The third-order valence-corrected chi connectivity index (χ3v) is 0. The van der Waals surface area contributed by atoms with Crippen LogP contribution in [0.15, 0.2) is 0 Å². The minimum Gasteiger partial charge on any atom is -0.759 e. The summed E-state index contributed by atoms with van der Waals surface area (Å²) in [5, 5.41) is 0. The monoisotopic (exact) mass is 354 g/mol. The van der Waals surface area contributed by atoms with E-state index >= 15 is 0 Å². The summed E-state index contributed by atoms with van der Waals surface area (Å²) in [4.78, 5) is 0. The predicted octanol–water partition coefficient (Wildman–Crippen LogP) is -3.44. The van der Waals surface area contributed by atoms with E-state index < -0.39 is 20.8 Å². The fraction of sp³-hybridized carbons (Fsp3) is 0. The van der Waals surface area contributed by atoms with Gasteiger partial charge in [-0.05, 0) is 0 Å². The molecule has 0 atom stereocenters. The Morgan fingerprint density at radius 1 is 0.667 bits per heavy atom. The van der Waals surface area contributed by atoms with Gasteiger partial charge in [0.15, 0.2) is 0 Å². The summed E-state index contributed by atoms with van der Waals surface area (Å²) in [5.41, 5.74) is 0. The summed E-state index contributed by atoms with van der Waals surface area (Å²) in [6, 6.07) is 0. The van der Waals surface area contributed by atoms with E-state index in [1.165, 1.54) is 0 Å². The molecule has 0 fully saturated rings. The van der Waals surface area contributed by atoms with Crippen molar-refractivity contribution in [3.8, 4) is 0 Å². The SMILES string of the molecule is O=S(=O)([O-])[O-].O=S(=O)([O-])[O-].[Ba+2].[Mg+2]. The standard InChI is InChI=1S/Ba.Mg.2H2O4S/c;;2*1-5(2,3)4/h;;2*(H2,1,2,3,4)/q2*+2;;/p-4. The van der Waals surface area contributed by atoms with Crippen LogP contribution in [-0.2, 0) is 20.8 Å². The summed E-state index contributed by atoms with van der Waals surface area (Å²) in [6.45, 7) is 0. The number of hydrogen-bond acceptors (Lipinski definition) is 8. The summed E-state index contributed by atoms with van der Waals surface area (Å²) in [7, 11) is -10.3. The van der Waals surface area contributed by atoms with Crippen molar-refractivity contribution in [2.24, 2.45) is 0 Å². The number of rotatable bonds is 0. The molecule has 0 rings (SSSR count). The summed E-state index contributed by atoms with van der Waals surface area (Å²) in [6.07, 6.45) is 0. The Morgan fingerprint density at radius 2 is 0.667 bits per heavy atom. The quantitative estimate of drug-likeness (QED) is 0.247. The molecule has 8 nitrogen and oxygen atoms in total. The van der Waals surface area contributed by atoms with Gasteiger partial charge in [0.1, 0.15) is 0 Å². The number of hydrogen-bond donors (Lipinski definition) is 0. The Bertz CT molecular complexity index is 213. The van der Waals surface area contributed by atoms with Gasteiger partial charge in [-0.2, -0.15) is 0 Å². The van der Waals surface area contributed by atoms with Crippen molar-refractivity contribution in [1.29, 1.82) is 0 Å². The fourth-order valence-electron chi connectivity index (χ4n) is 0. The molecular weight excluding hydrogens is 354 g/mol.